The minimum absolute atomic E-state index is 0.0314. The van der Waals surface area contributed by atoms with Crippen molar-refractivity contribution in [2.45, 2.75) is 33.2 Å². The van der Waals surface area contributed by atoms with Crippen LogP contribution in [0.4, 0.5) is 16.2 Å². The fraction of sp³-hybridized carbons (Fsp3) is 0.423. The van der Waals surface area contributed by atoms with E-state index in [4.69, 9.17) is 0 Å². The van der Waals surface area contributed by atoms with E-state index in [-0.39, 0.29) is 29.9 Å². The van der Waals surface area contributed by atoms with E-state index in [0.29, 0.717) is 24.3 Å². The van der Waals surface area contributed by atoms with Crippen molar-refractivity contribution >= 4 is 29.2 Å². The lowest BCUT2D eigenvalue weighted by molar-refractivity contribution is -0.116. The second kappa shape index (κ2) is 10.6. The number of rotatable bonds is 5. The van der Waals surface area contributed by atoms with Crippen molar-refractivity contribution in [2.75, 3.05) is 50.0 Å². The molecule has 8 heteroatoms. The molecule has 182 valence electrons. The van der Waals surface area contributed by atoms with Gasteiger partial charge in [-0.15, -0.1) is 0 Å². The summed E-state index contributed by atoms with van der Waals surface area (Å²) < 4.78 is 0. The largest absolute Gasteiger partial charge is 0.368 e. The topological polar surface area (TPSA) is 85.0 Å². The van der Waals surface area contributed by atoms with Gasteiger partial charge >= 0.3 is 6.03 Å². The molecule has 0 aromatic heterocycles. The van der Waals surface area contributed by atoms with Gasteiger partial charge in [-0.2, -0.15) is 0 Å². The molecule has 1 fully saturated rings. The highest BCUT2D eigenvalue weighted by molar-refractivity contribution is 5.99. The smallest absolute Gasteiger partial charge is 0.317 e. The number of anilines is 2. The van der Waals surface area contributed by atoms with Gasteiger partial charge in [-0.3, -0.25) is 9.59 Å². The maximum Gasteiger partial charge on any atom is 0.317 e. The number of likely N-dealkylation sites (N-methyl/N-ethyl adjacent to an activating group) is 1. The SMILES string of the molecule is Cc1ccc(C(=O)N(C)CC(=O)Nc2ccc(N3CCN(C(=O)NC(C)(C)C)CC3)cc2)cc1. The molecule has 0 radical (unpaired) electrons. The maximum absolute atomic E-state index is 12.5. The van der Waals surface area contributed by atoms with Gasteiger partial charge in [-0.25, -0.2) is 4.79 Å². The van der Waals surface area contributed by atoms with Crippen molar-refractivity contribution < 1.29 is 14.4 Å². The monoisotopic (exact) mass is 465 g/mol. The summed E-state index contributed by atoms with van der Waals surface area (Å²) >= 11 is 0. The number of nitrogens with zero attached hydrogens (tertiary/aromatic N) is 3. The Balaban J connectivity index is 1.48. The molecule has 2 aromatic rings. The Morgan fingerprint density at radius 2 is 1.50 bits per heavy atom. The Bertz CT molecular complexity index is 1000. The van der Waals surface area contributed by atoms with Crippen LogP contribution in [0.3, 0.4) is 0 Å². The van der Waals surface area contributed by atoms with Crippen LogP contribution in [0.2, 0.25) is 0 Å². The lowest BCUT2D eigenvalue weighted by Crippen LogP contribution is -2.55. The summed E-state index contributed by atoms with van der Waals surface area (Å²) in [6, 6.07) is 14.9. The van der Waals surface area contributed by atoms with Crippen molar-refractivity contribution in [3.63, 3.8) is 0 Å². The van der Waals surface area contributed by atoms with Crippen LogP contribution >= 0.6 is 0 Å². The molecule has 0 saturated carbocycles. The lowest BCUT2D eigenvalue weighted by atomic mass is 10.1. The summed E-state index contributed by atoms with van der Waals surface area (Å²) in [5, 5.41) is 5.85. The molecule has 1 aliphatic rings. The van der Waals surface area contributed by atoms with Gasteiger partial charge in [-0.1, -0.05) is 17.7 Å². The van der Waals surface area contributed by atoms with E-state index in [9.17, 15) is 14.4 Å². The van der Waals surface area contributed by atoms with Crippen LogP contribution in [0.1, 0.15) is 36.7 Å². The van der Waals surface area contributed by atoms with Crippen molar-refractivity contribution in [1.82, 2.24) is 15.1 Å². The van der Waals surface area contributed by atoms with Gasteiger partial charge < -0.3 is 25.3 Å². The average Bonchev–Trinajstić information content (AvgIpc) is 2.78. The van der Waals surface area contributed by atoms with E-state index < -0.39 is 0 Å². The van der Waals surface area contributed by atoms with Gasteiger partial charge in [0.1, 0.15) is 0 Å². The van der Waals surface area contributed by atoms with Crippen molar-refractivity contribution in [2.24, 2.45) is 0 Å². The number of carbonyl (C=O) groups excluding carboxylic acids is 3. The third kappa shape index (κ3) is 6.97. The van der Waals surface area contributed by atoms with Crippen LogP contribution in [-0.2, 0) is 4.79 Å². The molecule has 1 saturated heterocycles. The first-order chi connectivity index (χ1) is 16.0. The van der Waals surface area contributed by atoms with E-state index >= 15 is 0 Å². The quantitative estimate of drug-likeness (QED) is 0.709. The molecule has 2 aromatic carbocycles. The predicted molar refractivity (Wildman–Crippen MR) is 135 cm³/mol. The second-order valence-electron chi connectivity index (χ2n) is 9.78. The zero-order valence-corrected chi connectivity index (χ0v) is 20.7. The molecule has 2 N–H and O–H groups in total. The first-order valence-electron chi connectivity index (χ1n) is 11.6. The van der Waals surface area contributed by atoms with E-state index in [1.165, 1.54) is 4.90 Å². The van der Waals surface area contributed by atoms with Gasteiger partial charge in [0.05, 0.1) is 6.54 Å². The Hall–Kier alpha value is -3.55. The van der Waals surface area contributed by atoms with Crippen molar-refractivity contribution in [3.05, 3.63) is 59.7 Å². The average molecular weight is 466 g/mol. The van der Waals surface area contributed by atoms with E-state index in [0.717, 1.165) is 24.3 Å². The molecule has 8 nitrogen and oxygen atoms in total. The molecule has 1 aliphatic heterocycles. The maximum atomic E-state index is 12.5. The normalized spacial score (nSPS) is 13.9. The summed E-state index contributed by atoms with van der Waals surface area (Å²) in [7, 11) is 1.62. The minimum Gasteiger partial charge on any atom is -0.368 e. The number of hydrogen-bond acceptors (Lipinski definition) is 4. The number of amides is 4. The number of carbonyl (C=O) groups is 3. The minimum atomic E-state index is -0.255. The van der Waals surface area contributed by atoms with E-state index in [1.807, 2.05) is 69.0 Å². The van der Waals surface area contributed by atoms with Gasteiger partial charge in [0.15, 0.2) is 0 Å². The number of benzene rings is 2. The first kappa shape index (κ1) is 25.1. The van der Waals surface area contributed by atoms with Gasteiger partial charge in [0.2, 0.25) is 5.91 Å². The Kier molecular flexibility index (Phi) is 7.81. The summed E-state index contributed by atoms with van der Waals surface area (Å²) in [4.78, 5) is 42.8. The van der Waals surface area contributed by atoms with Crippen LogP contribution in [0.5, 0.6) is 0 Å². The second-order valence-corrected chi connectivity index (χ2v) is 9.78. The summed E-state index contributed by atoms with van der Waals surface area (Å²) in [6.45, 7) is 10.6. The number of piperazine rings is 1. The number of nitrogens with one attached hydrogen (secondary N) is 2. The van der Waals surface area contributed by atoms with Crippen molar-refractivity contribution in [1.29, 1.82) is 0 Å². The van der Waals surface area contributed by atoms with Gasteiger partial charge in [0.25, 0.3) is 5.91 Å². The highest BCUT2D eigenvalue weighted by Gasteiger charge is 2.24. The van der Waals surface area contributed by atoms with Crippen LogP contribution in [0.15, 0.2) is 48.5 Å². The summed E-state index contributed by atoms with van der Waals surface area (Å²) in [5.74, 6) is -0.449. The zero-order valence-electron chi connectivity index (χ0n) is 20.7. The zero-order chi connectivity index (χ0) is 24.9. The fourth-order valence-corrected chi connectivity index (χ4v) is 3.73. The summed E-state index contributed by atoms with van der Waals surface area (Å²) in [5.41, 5.74) is 3.10. The molecule has 0 aliphatic carbocycles. The van der Waals surface area contributed by atoms with Crippen LogP contribution in [-0.4, -0.2) is 73.0 Å². The lowest BCUT2D eigenvalue weighted by Gasteiger charge is -2.37. The molecular weight excluding hydrogens is 430 g/mol. The number of hydrogen-bond donors (Lipinski definition) is 2. The Morgan fingerprint density at radius 3 is 2.06 bits per heavy atom. The molecule has 0 spiro atoms. The van der Waals surface area contributed by atoms with Gasteiger partial charge in [0, 0.05) is 55.7 Å². The Labute approximate surface area is 201 Å². The highest BCUT2D eigenvalue weighted by Crippen LogP contribution is 2.20. The molecule has 0 unspecified atom stereocenters. The highest BCUT2D eigenvalue weighted by atomic mass is 16.2. The molecule has 0 atom stereocenters. The van der Waals surface area contributed by atoms with Crippen LogP contribution in [0.25, 0.3) is 0 Å². The first-order valence-corrected chi connectivity index (χ1v) is 11.6. The predicted octanol–water partition coefficient (Wildman–Crippen LogP) is 3.34. The molecule has 34 heavy (non-hydrogen) atoms. The summed E-state index contributed by atoms with van der Waals surface area (Å²) in [6.07, 6.45) is 0. The third-order valence-electron chi connectivity index (χ3n) is 5.59. The number of aryl methyl sites for hydroxylation is 1. The number of urea groups is 1. The van der Waals surface area contributed by atoms with E-state index in [1.54, 1.807) is 19.2 Å². The molecular formula is C26H35N5O3. The van der Waals surface area contributed by atoms with Crippen LogP contribution in [0, 0.1) is 6.92 Å². The van der Waals surface area contributed by atoms with E-state index in [2.05, 4.69) is 15.5 Å². The standard InChI is InChI=1S/C26H35N5O3/c1-19-6-8-20(9-7-19)24(33)29(5)18-23(32)27-21-10-12-22(13-11-21)30-14-16-31(17-15-30)25(34)28-26(2,3)4/h6-13H,14-18H2,1-5H3,(H,27,32)(H,28,34). The molecule has 1 heterocycles. The van der Waals surface area contributed by atoms with Gasteiger partial charge in [-0.05, 0) is 64.1 Å². The molecule has 4 amide bonds. The van der Waals surface area contributed by atoms with Crippen molar-refractivity contribution in [3.8, 4) is 0 Å². The molecule has 3 rings (SSSR count). The third-order valence-corrected chi connectivity index (χ3v) is 5.59. The van der Waals surface area contributed by atoms with Crippen LogP contribution < -0.4 is 15.5 Å². The fourth-order valence-electron chi connectivity index (χ4n) is 3.73. The molecule has 0 bridgehead atoms. The Morgan fingerprint density at radius 1 is 0.912 bits per heavy atom.